The van der Waals surface area contributed by atoms with Crippen molar-refractivity contribution in [1.82, 2.24) is 9.97 Å². The van der Waals surface area contributed by atoms with E-state index in [1.807, 2.05) is 6.07 Å². The highest BCUT2D eigenvalue weighted by molar-refractivity contribution is 7.22. The molecule has 0 fully saturated rings. The Kier molecular flexibility index (Phi) is 4.82. The Morgan fingerprint density at radius 1 is 1.42 bits per heavy atom. The number of nitrogens with one attached hydrogen (secondary N) is 2. The van der Waals surface area contributed by atoms with Crippen molar-refractivity contribution in [1.29, 1.82) is 5.26 Å². The number of aromatic nitrogens is 2. The monoisotopic (exact) mass is 370 g/mol. The lowest BCUT2D eigenvalue weighted by Crippen LogP contribution is -2.18. The van der Waals surface area contributed by atoms with Crippen LogP contribution in [0.5, 0.6) is 0 Å². The minimum absolute atomic E-state index is 0.0687. The number of hydrogen-bond donors (Lipinski definition) is 2. The Balaban J connectivity index is 1.73. The Morgan fingerprint density at radius 2 is 2.19 bits per heavy atom. The lowest BCUT2D eigenvalue weighted by atomic mass is 9.99. The number of rotatable bonds is 4. The Hall–Kier alpha value is -3.05. The van der Waals surface area contributed by atoms with Crippen LogP contribution >= 0.6 is 11.3 Å². The molecule has 2 aromatic heterocycles. The van der Waals surface area contributed by atoms with Gasteiger partial charge in [0, 0.05) is 12.1 Å². The van der Waals surface area contributed by atoms with Gasteiger partial charge in [0.15, 0.2) is 5.13 Å². The molecular weight excluding hydrogens is 355 g/mol. The van der Waals surface area contributed by atoms with Crippen LogP contribution in [0.1, 0.15) is 28.8 Å². The molecule has 3 rings (SSSR count). The number of thiazole rings is 1. The molecule has 2 N–H and O–H groups in total. The van der Waals surface area contributed by atoms with E-state index in [4.69, 9.17) is 5.26 Å². The van der Waals surface area contributed by atoms with Gasteiger partial charge >= 0.3 is 0 Å². The second-order valence-electron chi connectivity index (χ2n) is 5.85. The summed E-state index contributed by atoms with van der Waals surface area (Å²) in [6.07, 6.45) is 0.553. The molecule has 3 aromatic rings. The van der Waals surface area contributed by atoms with Crippen molar-refractivity contribution in [2.45, 2.75) is 26.7 Å². The van der Waals surface area contributed by atoms with Crippen LogP contribution in [0.4, 0.5) is 9.52 Å². The van der Waals surface area contributed by atoms with Gasteiger partial charge in [-0.25, -0.2) is 9.37 Å². The van der Waals surface area contributed by atoms with E-state index in [0.29, 0.717) is 33.0 Å². The zero-order valence-electron chi connectivity index (χ0n) is 14.1. The summed E-state index contributed by atoms with van der Waals surface area (Å²) in [7, 11) is 0. The highest BCUT2D eigenvalue weighted by atomic mass is 32.1. The Labute approximate surface area is 152 Å². The maximum Gasteiger partial charge on any atom is 0.266 e. The van der Waals surface area contributed by atoms with E-state index in [1.165, 1.54) is 23.5 Å². The van der Waals surface area contributed by atoms with Crippen molar-refractivity contribution in [3.8, 4) is 6.07 Å². The van der Waals surface area contributed by atoms with Gasteiger partial charge in [-0.05, 0) is 49.6 Å². The first kappa shape index (κ1) is 17.8. The summed E-state index contributed by atoms with van der Waals surface area (Å²) in [6, 6.07) is 6.15. The van der Waals surface area contributed by atoms with E-state index in [2.05, 4.69) is 15.3 Å². The minimum Gasteiger partial charge on any atom is -0.325 e. The molecule has 0 atom stereocenters. The maximum atomic E-state index is 13.2. The first-order valence-corrected chi connectivity index (χ1v) is 8.69. The smallest absolute Gasteiger partial charge is 0.266 e. The summed E-state index contributed by atoms with van der Waals surface area (Å²) < 4.78 is 13.9. The zero-order valence-corrected chi connectivity index (χ0v) is 15.0. The molecule has 0 saturated heterocycles. The average molecular weight is 370 g/mol. The second-order valence-corrected chi connectivity index (χ2v) is 6.88. The number of nitriles is 1. The highest BCUT2D eigenvalue weighted by Gasteiger charge is 2.14. The van der Waals surface area contributed by atoms with Crippen LogP contribution in [0.15, 0.2) is 23.0 Å². The van der Waals surface area contributed by atoms with Gasteiger partial charge in [-0.2, -0.15) is 5.26 Å². The number of halogens is 1. The molecule has 1 amide bonds. The summed E-state index contributed by atoms with van der Waals surface area (Å²) in [5.41, 5.74) is 2.30. The van der Waals surface area contributed by atoms with Gasteiger partial charge in [0.05, 0.1) is 10.2 Å². The van der Waals surface area contributed by atoms with E-state index in [0.717, 1.165) is 5.56 Å². The van der Waals surface area contributed by atoms with Crippen LogP contribution in [-0.2, 0) is 11.2 Å². The van der Waals surface area contributed by atoms with Gasteiger partial charge in [0.1, 0.15) is 17.4 Å². The number of carbonyl (C=O) groups excluding carboxylic acids is 1. The SMILES string of the molecule is Cc1[nH]c(=O)c(C#N)c(C)c1CCC(=O)Nc1nc2ccc(F)cc2s1. The molecule has 0 bridgehead atoms. The predicted octanol–water partition coefficient (Wildman–Crippen LogP) is 3.18. The Morgan fingerprint density at radius 3 is 2.92 bits per heavy atom. The molecule has 0 saturated carbocycles. The van der Waals surface area contributed by atoms with Gasteiger partial charge in [-0.15, -0.1) is 0 Å². The van der Waals surface area contributed by atoms with Crippen molar-refractivity contribution in [3.63, 3.8) is 0 Å². The number of nitrogens with zero attached hydrogens (tertiary/aromatic N) is 2. The van der Waals surface area contributed by atoms with Crippen LogP contribution in [0, 0.1) is 31.0 Å². The summed E-state index contributed by atoms with van der Waals surface area (Å²) in [5, 5.41) is 12.2. The number of benzene rings is 1. The predicted molar refractivity (Wildman–Crippen MR) is 97.8 cm³/mol. The van der Waals surface area contributed by atoms with Crippen molar-refractivity contribution in [2.24, 2.45) is 0 Å². The molecule has 0 aliphatic heterocycles. The van der Waals surface area contributed by atoms with Crippen molar-refractivity contribution >= 4 is 32.6 Å². The van der Waals surface area contributed by atoms with E-state index in [1.54, 1.807) is 19.9 Å². The number of fused-ring (bicyclic) bond motifs is 1. The first-order chi connectivity index (χ1) is 12.4. The molecule has 0 spiro atoms. The minimum atomic E-state index is -0.419. The van der Waals surface area contributed by atoms with Crippen LogP contribution in [0.2, 0.25) is 0 Å². The third-order valence-electron chi connectivity index (χ3n) is 4.12. The summed E-state index contributed by atoms with van der Waals surface area (Å²) in [4.78, 5) is 30.9. The number of hydrogen-bond acceptors (Lipinski definition) is 5. The molecule has 0 aliphatic carbocycles. The molecule has 6 nitrogen and oxygen atoms in total. The second kappa shape index (κ2) is 7.06. The number of aryl methyl sites for hydroxylation is 1. The van der Waals surface area contributed by atoms with E-state index >= 15 is 0 Å². The maximum absolute atomic E-state index is 13.2. The van der Waals surface area contributed by atoms with Crippen molar-refractivity contribution < 1.29 is 9.18 Å². The molecular formula is C18H15FN4O2S. The topological polar surface area (TPSA) is 98.6 Å². The standard InChI is InChI=1S/C18H15FN4O2S/c1-9-12(10(2)21-17(25)13(9)8-20)4-6-16(24)23-18-22-14-5-3-11(19)7-15(14)26-18/h3,5,7H,4,6H2,1-2H3,(H,21,25)(H,22,23,24). The third kappa shape index (κ3) is 3.48. The fourth-order valence-electron chi connectivity index (χ4n) is 2.79. The van der Waals surface area contributed by atoms with E-state index in [-0.39, 0.29) is 23.7 Å². The summed E-state index contributed by atoms with van der Waals surface area (Å²) in [6.45, 7) is 3.45. The molecule has 26 heavy (non-hydrogen) atoms. The number of aromatic amines is 1. The van der Waals surface area contributed by atoms with E-state index < -0.39 is 5.56 Å². The molecule has 0 radical (unpaired) electrons. The van der Waals surface area contributed by atoms with Gasteiger partial charge in [0.2, 0.25) is 5.91 Å². The van der Waals surface area contributed by atoms with Crippen molar-refractivity contribution in [3.05, 3.63) is 56.8 Å². The molecule has 0 unspecified atom stereocenters. The van der Waals surface area contributed by atoms with Crippen molar-refractivity contribution in [2.75, 3.05) is 5.32 Å². The summed E-state index contributed by atoms with van der Waals surface area (Å²) >= 11 is 1.20. The lowest BCUT2D eigenvalue weighted by molar-refractivity contribution is -0.116. The normalized spacial score (nSPS) is 10.7. The van der Waals surface area contributed by atoms with Gasteiger partial charge < -0.3 is 10.3 Å². The van der Waals surface area contributed by atoms with Gasteiger partial charge in [-0.3, -0.25) is 9.59 Å². The Bertz CT molecular complexity index is 1110. The van der Waals surface area contributed by atoms with Crippen LogP contribution in [0.3, 0.4) is 0 Å². The van der Waals surface area contributed by atoms with Crippen LogP contribution in [-0.4, -0.2) is 15.9 Å². The largest absolute Gasteiger partial charge is 0.325 e. The molecule has 0 aliphatic rings. The number of anilines is 1. The quantitative estimate of drug-likeness (QED) is 0.737. The van der Waals surface area contributed by atoms with Crippen LogP contribution in [0.25, 0.3) is 10.2 Å². The first-order valence-electron chi connectivity index (χ1n) is 7.87. The number of carbonyl (C=O) groups is 1. The van der Waals surface area contributed by atoms with Crippen LogP contribution < -0.4 is 10.9 Å². The molecule has 2 heterocycles. The summed E-state index contributed by atoms with van der Waals surface area (Å²) in [5.74, 6) is -0.593. The molecule has 8 heteroatoms. The van der Waals surface area contributed by atoms with Gasteiger partial charge in [0.25, 0.3) is 5.56 Å². The fourth-order valence-corrected chi connectivity index (χ4v) is 3.70. The lowest BCUT2D eigenvalue weighted by Gasteiger charge is -2.10. The number of pyridine rings is 1. The molecule has 132 valence electrons. The highest BCUT2D eigenvalue weighted by Crippen LogP contribution is 2.26. The van der Waals surface area contributed by atoms with Gasteiger partial charge in [-0.1, -0.05) is 11.3 Å². The number of H-pyrrole nitrogens is 1. The fraction of sp³-hybridized carbons (Fsp3) is 0.222. The third-order valence-corrected chi connectivity index (χ3v) is 5.05. The number of amides is 1. The molecule has 1 aromatic carbocycles. The average Bonchev–Trinajstić information content (AvgIpc) is 2.95. The van der Waals surface area contributed by atoms with E-state index in [9.17, 15) is 14.0 Å². The zero-order chi connectivity index (χ0) is 18.8.